The normalized spacial score (nSPS) is 16.2. The number of benzene rings is 1. The molecule has 0 unspecified atom stereocenters. The fourth-order valence-electron chi connectivity index (χ4n) is 3.15. The molecule has 27 heavy (non-hydrogen) atoms. The number of primary amides is 1. The zero-order valence-electron chi connectivity index (χ0n) is 14.6. The molecule has 2 heterocycles. The number of hydrogen-bond acceptors (Lipinski definition) is 6. The van der Waals surface area contributed by atoms with E-state index in [4.69, 9.17) is 33.7 Å². The number of nitrogens with two attached hydrogens (primary N) is 1. The highest BCUT2D eigenvalue weighted by Gasteiger charge is 2.27. The molecule has 0 saturated carbocycles. The van der Waals surface area contributed by atoms with Gasteiger partial charge in [0.1, 0.15) is 6.07 Å². The molecule has 1 saturated heterocycles. The van der Waals surface area contributed by atoms with E-state index in [9.17, 15) is 10.1 Å². The molecular formula is C18H17Cl2N5O2. The maximum Gasteiger partial charge on any atom is 0.404 e. The van der Waals surface area contributed by atoms with Crippen LogP contribution in [0.2, 0.25) is 10.0 Å². The first-order chi connectivity index (χ1) is 12.9. The van der Waals surface area contributed by atoms with Gasteiger partial charge in [-0.1, -0.05) is 35.3 Å². The molecule has 140 valence electrons. The van der Waals surface area contributed by atoms with Crippen LogP contribution in [0.15, 0.2) is 18.2 Å². The monoisotopic (exact) mass is 405 g/mol. The molecule has 0 radical (unpaired) electrons. The molecule has 1 atom stereocenters. The van der Waals surface area contributed by atoms with Crippen molar-refractivity contribution in [2.45, 2.75) is 13.3 Å². The van der Waals surface area contributed by atoms with Crippen LogP contribution in [0.4, 0.5) is 10.7 Å². The van der Waals surface area contributed by atoms with Crippen molar-refractivity contribution in [3.63, 3.8) is 0 Å². The lowest BCUT2D eigenvalue weighted by atomic mass is 10.0. The molecule has 1 aliphatic heterocycles. The molecule has 2 N–H and O–H groups in total. The van der Waals surface area contributed by atoms with E-state index < -0.39 is 6.09 Å². The van der Waals surface area contributed by atoms with E-state index in [1.807, 2.05) is 11.8 Å². The number of hydrogen-bond donors (Lipinski definition) is 1. The number of aryl methyl sites for hydroxylation is 1. The SMILES string of the molecule is Cc1nc(N2CC[C@@H](COC(N)=O)C2)nc(C#N)c1-c1cccc(Cl)c1Cl. The molecule has 1 aromatic carbocycles. The second kappa shape index (κ2) is 7.99. The number of nitriles is 1. The van der Waals surface area contributed by atoms with E-state index >= 15 is 0 Å². The molecule has 9 heteroatoms. The third kappa shape index (κ3) is 4.07. The number of anilines is 1. The van der Waals surface area contributed by atoms with Gasteiger partial charge in [0.2, 0.25) is 5.95 Å². The van der Waals surface area contributed by atoms with Gasteiger partial charge in [-0.15, -0.1) is 0 Å². The molecule has 3 rings (SSSR count). The lowest BCUT2D eigenvalue weighted by Crippen LogP contribution is -2.25. The highest BCUT2D eigenvalue weighted by atomic mass is 35.5. The zero-order chi connectivity index (χ0) is 19.6. The number of carbonyl (C=O) groups is 1. The van der Waals surface area contributed by atoms with E-state index in [0.29, 0.717) is 45.9 Å². The third-order valence-corrected chi connectivity index (χ3v) is 5.25. The molecule has 2 aromatic rings. The van der Waals surface area contributed by atoms with Crippen molar-refractivity contribution in [2.75, 3.05) is 24.6 Å². The van der Waals surface area contributed by atoms with Crippen molar-refractivity contribution in [1.29, 1.82) is 5.26 Å². The Labute approximate surface area is 166 Å². The van der Waals surface area contributed by atoms with Crippen molar-refractivity contribution in [3.8, 4) is 17.2 Å². The highest BCUT2D eigenvalue weighted by molar-refractivity contribution is 6.43. The van der Waals surface area contributed by atoms with Crippen molar-refractivity contribution in [3.05, 3.63) is 39.6 Å². The van der Waals surface area contributed by atoms with Gasteiger partial charge in [0.15, 0.2) is 5.69 Å². The fourth-order valence-corrected chi connectivity index (χ4v) is 3.55. The van der Waals surface area contributed by atoms with Crippen LogP contribution in [0.25, 0.3) is 11.1 Å². The van der Waals surface area contributed by atoms with E-state index in [1.54, 1.807) is 18.2 Å². The smallest absolute Gasteiger partial charge is 0.404 e. The van der Waals surface area contributed by atoms with E-state index in [-0.39, 0.29) is 18.2 Å². The number of nitrogens with zero attached hydrogens (tertiary/aromatic N) is 4. The Kier molecular flexibility index (Phi) is 5.68. The van der Waals surface area contributed by atoms with Gasteiger partial charge in [-0.05, 0) is 19.4 Å². The molecule has 1 amide bonds. The predicted molar refractivity (Wildman–Crippen MR) is 103 cm³/mol. The molecule has 0 bridgehead atoms. The maximum atomic E-state index is 10.8. The summed E-state index contributed by atoms with van der Waals surface area (Å²) in [4.78, 5) is 21.7. The molecule has 1 aliphatic rings. The van der Waals surface area contributed by atoms with Crippen LogP contribution in [0.5, 0.6) is 0 Å². The fraction of sp³-hybridized carbons (Fsp3) is 0.333. The Morgan fingerprint density at radius 2 is 2.22 bits per heavy atom. The highest BCUT2D eigenvalue weighted by Crippen LogP contribution is 2.36. The molecule has 0 aliphatic carbocycles. The van der Waals surface area contributed by atoms with Crippen molar-refractivity contribution >= 4 is 35.2 Å². The molecule has 7 nitrogen and oxygen atoms in total. The van der Waals surface area contributed by atoms with Crippen LogP contribution >= 0.6 is 23.2 Å². The quantitative estimate of drug-likeness (QED) is 0.833. The van der Waals surface area contributed by atoms with Gasteiger partial charge in [0, 0.05) is 30.1 Å². The van der Waals surface area contributed by atoms with Gasteiger partial charge in [-0.2, -0.15) is 5.26 Å². The zero-order valence-corrected chi connectivity index (χ0v) is 16.1. The number of carbonyl (C=O) groups excluding carboxylic acids is 1. The van der Waals surface area contributed by atoms with Crippen LogP contribution in [-0.4, -0.2) is 35.8 Å². The number of rotatable bonds is 4. The third-order valence-electron chi connectivity index (χ3n) is 4.43. The molecule has 1 aromatic heterocycles. The van der Waals surface area contributed by atoms with Crippen LogP contribution < -0.4 is 10.6 Å². The van der Waals surface area contributed by atoms with Crippen molar-refractivity contribution in [2.24, 2.45) is 11.7 Å². The van der Waals surface area contributed by atoms with Crippen molar-refractivity contribution < 1.29 is 9.53 Å². The predicted octanol–water partition coefficient (Wildman–Crippen LogP) is 3.55. The first-order valence-electron chi connectivity index (χ1n) is 8.31. The minimum Gasteiger partial charge on any atom is -0.449 e. The summed E-state index contributed by atoms with van der Waals surface area (Å²) in [7, 11) is 0. The Morgan fingerprint density at radius 1 is 1.44 bits per heavy atom. The summed E-state index contributed by atoms with van der Waals surface area (Å²) in [5, 5.41) is 10.4. The van der Waals surface area contributed by atoms with Gasteiger partial charge in [0.05, 0.1) is 22.3 Å². The van der Waals surface area contributed by atoms with Crippen LogP contribution in [0, 0.1) is 24.2 Å². The summed E-state index contributed by atoms with van der Waals surface area (Å²) < 4.78 is 4.87. The molecular weight excluding hydrogens is 389 g/mol. The van der Waals surface area contributed by atoms with Crippen LogP contribution in [0.1, 0.15) is 17.8 Å². The van der Waals surface area contributed by atoms with E-state index in [0.717, 1.165) is 6.42 Å². The largest absolute Gasteiger partial charge is 0.449 e. The average Bonchev–Trinajstić information content (AvgIpc) is 3.11. The second-order valence-electron chi connectivity index (χ2n) is 6.28. The Hall–Kier alpha value is -2.56. The summed E-state index contributed by atoms with van der Waals surface area (Å²) in [6.07, 6.45) is 0.0365. The second-order valence-corrected chi connectivity index (χ2v) is 7.06. The van der Waals surface area contributed by atoms with E-state index in [2.05, 4.69) is 16.0 Å². The number of ether oxygens (including phenoxy) is 1. The number of amides is 1. The minimum atomic E-state index is -0.782. The maximum absolute atomic E-state index is 10.8. The first kappa shape index (κ1) is 19.2. The van der Waals surface area contributed by atoms with Crippen LogP contribution in [0.3, 0.4) is 0 Å². The summed E-state index contributed by atoms with van der Waals surface area (Å²) in [5.41, 5.74) is 7.08. The topological polar surface area (TPSA) is 105 Å². The standard InChI is InChI=1S/C18H17Cl2N5O2/c1-10-15(12-3-2-4-13(19)16(12)20)14(7-21)24-18(23-10)25-6-5-11(8-25)9-27-17(22)26/h2-4,11H,5-6,8-9H2,1H3,(H2,22,26)/t11-/m1/s1. The van der Waals surface area contributed by atoms with Gasteiger partial charge in [-0.25, -0.2) is 14.8 Å². The van der Waals surface area contributed by atoms with Gasteiger partial charge in [-0.3, -0.25) is 0 Å². The summed E-state index contributed by atoms with van der Waals surface area (Å²) in [6.45, 7) is 3.39. The lowest BCUT2D eigenvalue weighted by molar-refractivity contribution is 0.140. The van der Waals surface area contributed by atoms with Gasteiger partial charge >= 0.3 is 6.09 Å². The first-order valence-corrected chi connectivity index (χ1v) is 9.06. The number of aromatic nitrogens is 2. The lowest BCUT2D eigenvalue weighted by Gasteiger charge is -2.19. The minimum absolute atomic E-state index is 0.147. The summed E-state index contributed by atoms with van der Waals surface area (Å²) in [6, 6.07) is 7.37. The number of halogens is 2. The molecule has 1 fully saturated rings. The summed E-state index contributed by atoms with van der Waals surface area (Å²) in [5.74, 6) is 0.613. The van der Waals surface area contributed by atoms with Gasteiger partial charge < -0.3 is 15.4 Å². The van der Waals surface area contributed by atoms with E-state index in [1.165, 1.54) is 0 Å². The average molecular weight is 406 g/mol. The Morgan fingerprint density at radius 3 is 2.93 bits per heavy atom. The molecule has 0 spiro atoms. The van der Waals surface area contributed by atoms with Crippen molar-refractivity contribution in [1.82, 2.24) is 9.97 Å². The van der Waals surface area contributed by atoms with Crippen LogP contribution in [-0.2, 0) is 4.74 Å². The van der Waals surface area contributed by atoms with Gasteiger partial charge in [0.25, 0.3) is 0 Å². The summed E-state index contributed by atoms with van der Waals surface area (Å²) >= 11 is 12.4. The Bertz CT molecular complexity index is 929. The Balaban J connectivity index is 1.91.